The summed E-state index contributed by atoms with van der Waals surface area (Å²) in [4.78, 5) is 26.2. The Bertz CT molecular complexity index is 526. The van der Waals surface area contributed by atoms with Crippen molar-refractivity contribution in [1.29, 1.82) is 0 Å². The fourth-order valence-corrected chi connectivity index (χ4v) is 3.09. The Morgan fingerprint density at radius 1 is 1.19 bits per heavy atom. The molecule has 2 aliphatic carbocycles. The molecular weight excluding hydrogens is 266 g/mol. The summed E-state index contributed by atoms with van der Waals surface area (Å²) in [5, 5.41) is 0. The van der Waals surface area contributed by atoms with Gasteiger partial charge in [0.1, 0.15) is 6.54 Å². The van der Waals surface area contributed by atoms with E-state index < -0.39 is 0 Å². The number of hydrogen-bond acceptors (Lipinski definition) is 3. The molecule has 4 heteroatoms. The summed E-state index contributed by atoms with van der Waals surface area (Å²) < 4.78 is 4.99. The van der Waals surface area contributed by atoms with Crippen LogP contribution in [0.5, 0.6) is 0 Å². The first kappa shape index (κ1) is 14.1. The average molecular weight is 287 g/mol. The molecule has 3 rings (SSSR count). The summed E-state index contributed by atoms with van der Waals surface area (Å²) >= 11 is 0. The van der Waals surface area contributed by atoms with Crippen LogP contribution in [0.25, 0.3) is 0 Å². The predicted molar refractivity (Wildman–Crippen MR) is 78.7 cm³/mol. The standard InChI is InChI=1S/C17H21NO3/c1-2-21-16(19)11-18(15-7-8-15)17(20)14-9-12-5-3-4-6-13(12)10-14/h3-6,14-15H,2,7-11H2,1H3. The molecule has 1 aromatic carbocycles. The molecule has 4 nitrogen and oxygen atoms in total. The van der Waals surface area contributed by atoms with Crippen LogP contribution < -0.4 is 0 Å². The summed E-state index contributed by atoms with van der Waals surface area (Å²) in [6.45, 7) is 2.25. The predicted octanol–water partition coefficient (Wildman–Crippen LogP) is 1.96. The van der Waals surface area contributed by atoms with Crippen molar-refractivity contribution in [2.24, 2.45) is 5.92 Å². The highest BCUT2D eigenvalue weighted by molar-refractivity contribution is 5.85. The van der Waals surface area contributed by atoms with Crippen molar-refractivity contribution >= 4 is 11.9 Å². The molecular formula is C17H21NO3. The van der Waals surface area contributed by atoms with Gasteiger partial charge < -0.3 is 9.64 Å². The summed E-state index contributed by atoms with van der Waals surface area (Å²) in [5.74, 6) is -0.201. The van der Waals surface area contributed by atoms with Gasteiger partial charge in [-0.25, -0.2) is 0 Å². The molecule has 112 valence electrons. The number of rotatable bonds is 5. The number of fused-ring (bicyclic) bond motifs is 1. The van der Waals surface area contributed by atoms with Crippen LogP contribution in [0.3, 0.4) is 0 Å². The highest BCUT2D eigenvalue weighted by atomic mass is 16.5. The van der Waals surface area contributed by atoms with Gasteiger partial charge in [0.2, 0.25) is 5.91 Å². The zero-order chi connectivity index (χ0) is 14.8. The molecule has 1 aromatic rings. The first-order valence-corrected chi connectivity index (χ1v) is 7.72. The molecule has 0 bridgehead atoms. The number of nitrogens with zero attached hydrogens (tertiary/aromatic N) is 1. The fourth-order valence-electron chi connectivity index (χ4n) is 3.09. The Morgan fingerprint density at radius 2 is 1.81 bits per heavy atom. The topological polar surface area (TPSA) is 46.6 Å². The smallest absolute Gasteiger partial charge is 0.325 e. The third kappa shape index (κ3) is 3.09. The lowest BCUT2D eigenvalue weighted by Crippen LogP contribution is -2.42. The quantitative estimate of drug-likeness (QED) is 0.778. The Balaban J connectivity index is 1.67. The van der Waals surface area contributed by atoms with Crippen molar-refractivity contribution in [3.63, 3.8) is 0 Å². The number of amides is 1. The number of carbonyl (C=O) groups is 2. The van der Waals surface area contributed by atoms with Gasteiger partial charge in [-0.05, 0) is 43.7 Å². The molecule has 0 aromatic heterocycles. The van der Waals surface area contributed by atoms with Crippen LogP contribution in [0.2, 0.25) is 0 Å². The number of benzene rings is 1. The normalized spacial score (nSPS) is 17.4. The van der Waals surface area contributed by atoms with E-state index in [4.69, 9.17) is 4.74 Å². The molecule has 2 aliphatic rings. The maximum atomic E-state index is 12.8. The molecule has 0 radical (unpaired) electrons. The second kappa shape index (κ2) is 5.88. The van der Waals surface area contributed by atoms with E-state index in [-0.39, 0.29) is 30.4 Å². The van der Waals surface area contributed by atoms with Crippen molar-refractivity contribution in [3.05, 3.63) is 35.4 Å². The van der Waals surface area contributed by atoms with Gasteiger partial charge >= 0.3 is 5.97 Å². The lowest BCUT2D eigenvalue weighted by Gasteiger charge is -2.24. The first-order valence-electron chi connectivity index (χ1n) is 7.72. The van der Waals surface area contributed by atoms with Gasteiger partial charge in [-0.1, -0.05) is 24.3 Å². The molecule has 0 atom stereocenters. The van der Waals surface area contributed by atoms with Crippen LogP contribution >= 0.6 is 0 Å². The average Bonchev–Trinajstić information content (AvgIpc) is 3.22. The van der Waals surface area contributed by atoms with E-state index in [1.54, 1.807) is 11.8 Å². The molecule has 21 heavy (non-hydrogen) atoms. The minimum Gasteiger partial charge on any atom is -0.465 e. The van der Waals surface area contributed by atoms with E-state index in [1.807, 2.05) is 12.1 Å². The van der Waals surface area contributed by atoms with E-state index >= 15 is 0 Å². The summed E-state index contributed by atoms with van der Waals surface area (Å²) in [6.07, 6.45) is 3.59. The van der Waals surface area contributed by atoms with Crippen molar-refractivity contribution in [3.8, 4) is 0 Å². The zero-order valence-corrected chi connectivity index (χ0v) is 12.4. The van der Waals surface area contributed by atoms with Crippen LogP contribution in [0.4, 0.5) is 0 Å². The minimum atomic E-state index is -0.298. The van der Waals surface area contributed by atoms with Crippen molar-refractivity contribution in [2.75, 3.05) is 13.2 Å². The van der Waals surface area contributed by atoms with Crippen molar-refractivity contribution < 1.29 is 14.3 Å². The first-order chi connectivity index (χ1) is 10.2. The molecule has 0 aliphatic heterocycles. The molecule has 1 amide bonds. The van der Waals surface area contributed by atoms with Crippen LogP contribution in [0.1, 0.15) is 30.9 Å². The number of hydrogen-bond donors (Lipinski definition) is 0. The number of esters is 1. The third-order valence-corrected chi connectivity index (χ3v) is 4.28. The molecule has 0 saturated heterocycles. The van der Waals surface area contributed by atoms with Gasteiger partial charge in [-0.2, -0.15) is 0 Å². The fraction of sp³-hybridized carbons (Fsp3) is 0.529. The zero-order valence-electron chi connectivity index (χ0n) is 12.4. The molecule has 0 N–H and O–H groups in total. The van der Waals surface area contributed by atoms with E-state index in [0.29, 0.717) is 6.61 Å². The lowest BCUT2D eigenvalue weighted by molar-refractivity contribution is -0.150. The van der Waals surface area contributed by atoms with E-state index in [0.717, 1.165) is 25.7 Å². The Hall–Kier alpha value is -1.84. The second-order valence-electron chi connectivity index (χ2n) is 5.88. The second-order valence-corrected chi connectivity index (χ2v) is 5.88. The lowest BCUT2D eigenvalue weighted by atomic mass is 10.0. The van der Waals surface area contributed by atoms with Crippen LogP contribution in [-0.2, 0) is 27.2 Å². The van der Waals surface area contributed by atoms with Gasteiger partial charge in [-0.3, -0.25) is 9.59 Å². The maximum absolute atomic E-state index is 12.8. The van der Waals surface area contributed by atoms with Gasteiger partial charge in [0.15, 0.2) is 0 Å². The minimum absolute atomic E-state index is 0.0163. The SMILES string of the molecule is CCOC(=O)CN(C(=O)C1Cc2ccccc2C1)C1CC1. The Kier molecular flexibility index (Phi) is 3.95. The third-order valence-electron chi connectivity index (χ3n) is 4.28. The van der Waals surface area contributed by atoms with E-state index in [2.05, 4.69) is 12.1 Å². The van der Waals surface area contributed by atoms with Crippen LogP contribution in [0.15, 0.2) is 24.3 Å². The largest absolute Gasteiger partial charge is 0.465 e. The molecule has 0 unspecified atom stereocenters. The van der Waals surface area contributed by atoms with Gasteiger partial charge in [-0.15, -0.1) is 0 Å². The molecule has 0 spiro atoms. The van der Waals surface area contributed by atoms with E-state index in [9.17, 15) is 9.59 Å². The molecule has 0 heterocycles. The van der Waals surface area contributed by atoms with Crippen molar-refractivity contribution in [1.82, 2.24) is 4.90 Å². The van der Waals surface area contributed by atoms with Crippen molar-refractivity contribution in [2.45, 2.75) is 38.6 Å². The number of carbonyl (C=O) groups excluding carboxylic acids is 2. The number of ether oxygens (including phenoxy) is 1. The molecule has 1 saturated carbocycles. The maximum Gasteiger partial charge on any atom is 0.325 e. The van der Waals surface area contributed by atoms with Gasteiger partial charge in [0.25, 0.3) is 0 Å². The Labute approximate surface area is 125 Å². The van der Waals surface area contributed by atoms with Crippen LogP contribution in [-0.4, -0.2) is 36.0 Å². The van der Waals surface area contributed by atoms with Gasteiger partial charge in [0.05, 0.1) is 6.61 Å². The highest BCUT2D eigenvalue weighted by Gasteiger charge is 2.38. The van der Waals surface area contributed by atoms with E-state index in [1.165, 1.54) is 11.1 Å². The monoisotopic (exact) mass is 287 g/mol. The Morgan fingerprint density at radius 3 is 2.33 bits per heavy atom. The highest BCUT2D eigenvalue weighted by Crippen LogP contribution is 2.32. The molecule has 1 fully saturated rings. The summed E-state index contributed by atoms with van der Waals surface area (Å²) in [7, 11) is 0. The van der Waals surface area contributed by atoms with Gasteiger partial charge in [0, 0.05) is 12.0 Å². The van der Waals surface area contributed by atoms with Crippen LogP contribution in [0, 0.1) is 5.92 Å². The summed E-state index contributed by atoms with van der Waals surface area (Å²) in [6, 6.07) is 8.46. The summed E-state index contributed by atoms with van der Waals surface area (Å²) in [5.41, 5.74) is 2.53.